The van der Waals surface area contributed by atoms with E-state index in [0.717, 1.165) is 18.2 Å². The van der Waals surface area contributed by atoms with Crippen LogP contribution in [0, 0.1) is 0 Å². The second kappa shape index (κ2) is 4.61. The van der Waals surface area contributed by atoms with Crippen LogP contribution < -0.4 is 4.72 Å². The lowest BCUT2D eigenvalue weighted by atomic mass is 10.2. The fourth-order valence-electron chi connectivity index (χ4n) is 1.37. The number of nitrogens with zero attached hydrogens (tertiary/aromatic N) is 1. The number of benzene rings is 1. The van der Waals surface area contributed by atoms with Crippen molar-refractivity contribution in [2.75, 3.05) is 4.72 Å². The molecule has 100 valence electrons. The fourth-order valence-corrected chi connectivity index (χ4v) is 2.41. The highest BCUT2D eigenvalue weighted by molar-refractivity contribution is 7.92. The Kier molecular flexibility index (Phi) is 3.13. The molecule has 1 aromatic heterocycles. The van der Waals surface area contributed by atoms with Gasteiger partial charge in [-0.3, -0.25) is 9.82 Å². The number of carboxylic acid groups (broad SMARTS) is 1. The van der Waals surface area contributed by atoms with Crippen LogP contribution in [0.4, 0.5) is 5.82 Å². The highest BCUT2D eigenvalue weighted by Gasteiger charge is 2.19. The summed E-state index contributed by atoms with van der Waals surface area (Å²) in [5, 5.41) is 24.1. The molecule has 0 fully saturated rings. The van der Waals surface area contributed by atoms with Gasteiger partial charge in [-0.1, -0.05) is 0 Å². The second-order valence-electron chi connectivity index (χ2n) is 3.56. The number of aromatic carboxylic acids is 1. The molecule has 0 aliphatic heterocycles. The number of hydrogen-bond donors (Lipinski definition) is 4. The first-order valence-electron chi connectivity index (χ1n) is 4.98. The number of H-pyrrole nitrogens is 1. The van der Waals surface area contributed by atoms with E-state index in [0.29, 0.717) is 0 Å². The smallest absolute Gasteiger partial charge is 0.339 e. The number of phenols is 1. The molecule has 1 aromatic carbocycles. The summed E-state index contributed by atoms with van der Waals surface area (Å²) in [6, 6.07) is 4.37. The molecular formula is C10H9N3O5S. The highest BCUT2D eigenvalue weighted by Crippen LogP contribution is 2.22. The van der Waals surface area contributed by atoms with Crippen molar-refractivity contribution in [3.05, 3.63) is 36.0 Å². The number of anilines is 1. The van der Waals surface area contributed by atoms with Crippen molar-refractivity contribution in [2.45, 2.75) is 4.90 Å². The van der Waals surface area contributed by atoms with Crippen molar-refractivity contribution in [3.63, 3.8) is 0 Å². The van der Waals surface area contributed by atoms with Gasteiger partial charge in [-0.05, 0) is 18.2 Å². The van der Waals surface area contributed by atoms with Gasteiger partial charge in [0.2, 0.25) is 0 Å². The molecule has 0 aliphatic carbocycles. The maximum Gasteiger partial charge on any atom is 0.339 e. The van der Waals surface area contributed by atoms with E-state index in [4.69, 9.17) is 5.11 Å². The molecule has 0 radical (unpaired) electrons. The summed E-state index contributed by atoms with van der Waals surface area (Å²) in [7, 11) is -3.95. The van der Waals surface area contributed by atoms with Crippen molar-refractivity contribution in [2.24, 2.45) is 0 Å². The van der Waals surface area contributed by atoms with E-state index in [1.807, 2.05) is 0 Å². The van der Waals surface area contributed by atoms with E-state index in [1.54, 1.807) is 0 Å². The molecule has 0 saturated carbocycles. The van der Waals surface area contributed by atoms with Gasteiger partial charge in [0, 0.05) is 6.07 Å². The van der Waals surface area contributed by atoms with Crippen molar-refractivity contribution < 1.29 is 23.4 Å². The Bertz CT molecular complexity index is 709. The summed E-state index contributed by atoms with van der Waals surface area (Å²) in [5.74, 6) is -1.78. The first-order valence-corrected chi connectivity index (χ1v) is 6.47. The Morgan fingerprint density at radius 2 is 2.05 bits per heavy atom. The quantitative estimate of drug-likeness (QED) is 0.650. The molecule has 9 heteroatoms. The Hall–Kier alpha value is -2.55. The predicted octanol–water partition coefficient (Wildman–Crippen LogP) is 0.614. The molecule has 0 spiro atoms. The lowest BCUT2D eigenvalue weighted by molar-refractivity contribution is 0.0693. The maximum atomic E-state index is 12.0. The zero-order chi connectivity index (χ0) is 14.0. The van der Waals surface area contributed by atoms with Crippen molar-refractivity contribution in [1.82, 2.24) is 10.2 Å². The van der Waals surface area contributed by atoms with Crippen LogP contribution >= 0.6 is 0 Å². The summed E-state index contributed by atoms with van der Waals surface area (Å²) in [6.07, 6.45) is 1.36. The Labute approximate surface area is 107 Å². The van der Waals surface area contributed by atoms with E-state index in [9.17, 15) is 18.3 Å². The van der Waals surface area contributed by atoms with Gasteiger partial charge in [-0.25, -0.2) is 13.2 Å². The number of carbonyl (C=O) groups is 1. The largest absolute Gasteiger partial charge is 0.507 e. The second-order valence-corrected chi connectivity index (χ2v) is 5.24. The number of aromatic hydroxyl groups is 1. The minimum atomic E-state index is -3.95. The molecule has 8 nitrogen and oxygen atoms in total. The van der Waals surface area contributed by atoms with E-state index < -0.39 is 27.3 Å². The zero-order valence-electron chi connectivity index (χ0n) is 9.36. The maximum absolute atomic E-state index is 12.0. The molecule has 2 aromatic rings. The van der Waals surface area contributed by atoms with Gasteiger partial charge in [-0.2, -0.15) is 5.10 Å². The lowest BCUT2D eigenvalue weighted by Crippen LogP contribution is -2.14. The van der Waals surface area contributed by atoms with Gasteiger partial charge in [0.1, 0.15) is 17.1 Å². The highest BCUT2D eigenvalue weighted by atomic mass is 32.2. The van der Waals surface area contributed by atoms with Crippen molar-refractivity contribution >= 4 is 21.8 Å². The van der Waals surface area contributed by atoms with Crippen LogP contribution in [0.5, 0.6) is 5.75 Å². The SMILES string of the molecule is O=C(O)c1cc(S(=O)(=O)Nc2ccn[nH]2)ccc1O. The minimum absolute atomic E-state index is 0.143. The third-order valence-electron chi connectivity index (χ3n) is 2.25. The van der Waals surface area contributed by atoms with Crippen LogP contribution in [0.15, 0.2) is 35.4 Å². The van der Waals surface area contributed by atoms with Crippen molar-refractivity contribution in [3.8, 4) is 5.75 Å². The zero-order valence-corrected chi connectivity index (χ0v) is 10.2. The first-order chi connectivity index (χ1) is 8.90. The number of carboxylic acids is 1. The molecule has 0 unspecified atom stereocenters. The van der Waals surface area contributed by atoms with Gasteiger partial charge < -0.3 is 10.2 Å². The van der Waals surface area contributed by atoms with Gasteiger partial charge in [0.25, 0.3) is 10.0 Å². The Morgan fingerprint density at radius 3 is 2.63 bits per heavy atom. The molecule has 0 saturated heterocycles. The van der Waals surface area contributed by atoms with E-state index in [2.05, 4.69) is 14.9 Å². The molecule has 0 bridgehead atoms. The summed E-state index contributed by atoms with van der Waals surface area (Å²) in [5.41, 5.74) is -0.493. The molecule has 0 amide bonds. The van der Waals surface area contributed by atoms with E-state index >= 15 is 0 Å². The summed E-state index contributed by atoms with van der Waals surface area (Å²) in [6.45, 7) is 0. The normalized spacial score (nSPS) is 11.2. The standard InChI is InChI=1S/C10H9N3O5S/c14-8-2-1-6(5-7(8)10(15)16)19(17,18)13-9-3-4-11-12-9/h1-5,14H,(H,15,16)(H2,11,12,13). The molecule has 4 N–H and O–H groups in total. The third kappa shape index (κ3) is 2.65. The van der Waals surface area contributed by atoms with Crippen LogP contribution in [-0.2, 0) is 10.0 Å². The monoisotopic (exact) mass is 283 g/mol. The predicted molar refractivity (Wildman–Crippen MR) is 64.5 cm³/mol. The molecule has 0 atom stereocenters. The van der Waals surface area contributed by atoms with Gasteiger partial charge in [0.15, 0.2) is 0 Å². The van der Waals surface area contributed by atoms with Crippen LogP contribution in [0.1, 0.15) is 10.4 Å². The van der Waals surface area contributed by atoms with Crippen LogP contribution in [0.2, 0.25) is 0 Å². The van der Waals surface area contributed by atoms with E-state index in [1.165, 1.54) is 12.3 Å². The number of sulfonamides is 1. The average Bonchev–Trinajstić information content (AvgIpc) is 2.80. The fraction of sp³-hybridized carbons (Fsp3) is 0. The average molecular weight is 283 g/mol. The van der Waals surface area contributed by atoms with Crippen LogP contribution in [-0.4, -0.2) is 34.8 Å². The topological polar surface area (TPSA) is 132 Å². The van der Waals surface area contributed by atoms with Gasteiger partial charge in [-0.15, -0.1) is 0 Å². The number of aromatic amines is 1. The van der Waals surface area contributed by atoms with E-state index in [-0.39, 0.29) is 10.7 Å². The summed E-state index contributed by atoms with van der Waals surface area (Å²) >= 11 is 0. The lowest BCUT2D eigenvalue weighted by Gasteiger charge is -2.07. The summed E-state index contributed by atoms with van der Waals surface area (Å²) < 4.78 is 26.1. The molecule has 0 aliphatic rings. The van der Waals surface area contributed by atoms with Gasteiger partial charge >= 0.3 is 5.97 Å². The molecule has 19 heavy (non-hydrogen) atoms. The number of aromatic nitrogens is 2. The van der Waals surface area contributed by atoms with Gasteiger partial charge in [0.05, 0.1) is 11.1 Å². The van der Waals surface area contributed by atoms with Crippen LogP contribution in [0.25, 0.3) is 0 Å². The Morgan fingerprint density at radius 1 is 1.32 bits per heavy atom. The molecular weight excluding hydrogens is 274 g/mol. The molecule has 2 rings (SSSR count). The number of rotatable bonds is 4. The Balaban J connectivity index is 2.41. The first kappa shape index (κ1) is 12.9. The third-order valence-corrected chi connectivity index (χ3v) is 3.62. The number of nitrogens with one attached hydrogen (secondary N) is 2. The van der Waals surface area contributed by atoms with Crippen LogP contribution in [0.3, 0.4) is 0 Å². The minimum Gasteiger partial charge on any atom is -0.507 e. The summed E-state index contributed by atoms with van der Waals surface area (Å²) in [4.78, 5) is 10.5. The molecule has 1 heterocycles. The number of hydrogen-bond acceptors (Lipinski definition) is 5. The van der Waals surface area contributed by atoms with Crippen molar-refractivity contribution in [1.29, 1.82) is 0 Å².